The largest absolute Gasteiger partial charge is 0.355 e. The van der Waals surface area contributed by atoms with Crippen molar-refractivity contribution in [3.8, 4) is 0 Å². The van der Waals surface area contributed by atoms with E-state index in [0.29, 0.717) is 19.4 Å². The van der Waals surface area contributed by atoms with Gasteiger partial charge in [0.15, 0.2) is 5.78 Å². The quantitative estimate of drug-likeness (QED) is 0.558. The van der Waals surface area contributed by atoms with Crippen molar-refractivity contribution in [2.45, 2.75) is 32.6 Å². The summed E-state index contributed by atoms with van der Waals surface area (Å²) in [6.45, 7) is 6.26. The summed E-state index contributed by atoms with van der Waals surface area (Å²) >= 11 is 0. The number of allylic oxidation sites excluding steroid dienone is 1. The van der Waals surface area contributed by atoms with Gasteiger partial charge in [-0.2, -0.15) is 0 Å². The zero-order valence-corrected chi connectivity index (χ0v) is 14.8. The van der Waals surface area contributed by atoms with Crippen LogP contribution in [0.5, 0.6) is 0 Å². The van der Waals surface area contributed by atoms with Gasteiger partial charge in [-0.25, -0.2) is 0 Å². The number of hydrogen-bond donors (Lipinski definition) is 1. The number of ketones is 1. The predicted molar refractivity (Wildman–Crippen MR) is 102 cm³/mol. The number of rotatable bonds is 9. The molecule has 25 heavy (non-hydrogen) atoms. The normalized spacial score (nSPS) is 10.3. The van der Waals surface area contributed by atoms with Gasteiger partial charge < -0.3 is 5.32 Å². The van der Waals surface area contributed by atoms with Crippen molar-refractivity contribution in [2.24, 2.45) is 0 Å². The highest BCUT2D eigenvalue weighted by atomic mass is 16.1. The number of benzene rings is 2. The molecule has 0 atom stereocenters. The van der Waals surface area contributed by atoms with Crippen molar-refractivity contribution in [3.63, 3.8) is 0 Å². The molecule has 0 bridgehead atoms. The maximum absolute atomic E-state index is 12.1. The molecule has 2 aromatic carbocycles. The van der Waals surface area contributed by atoms with Crippen LogP contribution >= 0.6 is 0 Å². The molecule has 0 saturated carbocycles. The molecule has 2 aromatic rings. The van der Waals surface area contributed by atoms with Gasteiger partial charge in [0.25, 0.3) is 0 Å². The van der Waals surface area contributed by atoms with E-state index in [4.69, 9.17) is 0 Å². The van der Waals surface area contributed by atoms with E-state index >= 15 is 0 Å². The molecule has 1 N–H and O–H groups in total. The molecule has 0 radical (unpaired) electrons. The van der Waals surface area contributed by atoms with E-state index in [2.05, 4.69) is 24.0 Å². The van der Waals surface area contributed by atoms with Crippen molar-refractivity contribution in [1.29, 1.82) is 0 Å². The number of nitrogens with one attached hydrogen (secondary N) is 1. The first-order valence-corrected chi connectivity index (χ1v) is 8.70. The first kappa shape index (κ1) is 18.7. The fourth-order valence-corrected chi connectivity index (χ4v) is 2.80. The average molecular weight is 335 g/mol. The molecule has 3 nitrogen and oxygen atoms in total. The number of carbonyl (C=O) groups is 2. The van der Waals surface area contributed by atoms with Crippen molar-refractivity contribution in [3.05, 3.63) is 83.4 Å². The molecule has 0 heterocycles. The van der Waals surface area contributed by atoms with E-state index < -0.39 is 0 Å². The first-order valence-electron chi connectivity index (χ1n) is 8.70. The molecule has 0 spiro atoms. The highest BCUT2D eigenvalue weighted by Gasteiger charge is 2.11. The second kappa shape index (κ2) is 9.58. The van der Waals surface area contributed by atoms with Crippen LogP contribution < -0.4 is 5.32 Å². The second-order valence-corrected chi connectivity index (χ2v) is 6.02. The van der Waals surface area contributed by atoms with E-state index in [1.807, 2.05) is 43.3 Å². The summed E-state index contributed by atoms with van der Waals surface area (Å²) in [6, 6.07) is 15.8. The maximum Gasteiger partial charge on any atom is 0.224 e. The average Bonchev–Trinajstić information content (AvgIpc) is 2.62. The predicted octanol–water partition coefficient (Wildman–Crippen LogP) is 3.91. The van der Waals surface area contributed by atoms with Gasteiger partial charge >= 0.3 is 0 Å². The Balaban J connectivity index is 1.91. The number of aryl methyl sites for hydroxylation is 1. The van der Waals surface area contributed by atoms with Crippen LogP contribution in [0.1, 0.15) is 40.4 Å². The topological polar surface area (TPSA) is 46.2 Å². The van der Waals surface area contributed by atoms with Crippen molar-refractivity contribution in [1.82, 2.24) is 5.32 Å². The minimum atomic E-state index is 0.00292. The Kier molecular flexibility index (Phi) is 7.15. The smallest absolute Gasteiger partial charge is 0.224 e. The minimum Gasteiger partial charge on any atom is -0.355 e. The molecule has 0 saturated heterocycles. The molecular formula is C22H25NO2. The van der Waals surface area contributed by atoms with E-state index in [9.17, 15) is 9.59 Å². The lowest BCUT2D eigenvalue weighted by Crippen LogP contribution is -2.27. The Morgan fingerprint density at radius 3 is 2.52 bits per heavy atom. The van der Waals surface area contributed by atoms with Crippen LogP contribution in [-0.4, -0.2) is 18.2 Å². The SMILES string of the molecule is C=CCC(=O)c1ccc(CC(=O)NCCc2ccccc2)cc1CC. The standard InChI is InChI=1S/C22H25NO2/c1-3-8-21(24)20-12-11-18(15-19(20)4-2)16-22(25)23-14-13-17-9-6-5-7-10-17/h3,5-7,9-12,15H,1,4,8,13-14,16H2,2H3,(H,23,25). The van der Waals surface area contributed by atoms with Gasteiger partial charge in [0, 0.05) is 18.5 Å². The lowest BCUT2D eigenvalue weighted by Gasteiger charge is -2.10. The summed E-state index contributed by atoms with van der Waals surface area (Å²) in [5, 5.41) is 2.96. The highest BCUT2D eigenvalue weighted by Crippen LogP contribution is 2.16. The molecule has 0 fully saturated rings. The number of Topliss-reactive ketones (excluding diaryl/α,β-unsaturated/α-hetero) is 1. The molecule has 1 amide bonds. The molecular weight excluding hydrogens is 310 g/mol. The molecule has 2 rings (SSSR count). The molecule has 0 aliphatic carbocycles. The fraction of sp³-hybridized carbons (Fsp3) is 0.273. The van der Waals surface area contributed by atoms with Crippen LogP contribution in [0.4, 0.5) is 0 Å². The second-order valence-electron chi connectivity index (χ2n) is 6.02. The molecule has 0 aliphatic heterocycles. The lowest BCUT2D eigenvalue weighted by atomic mass is 9.96. The number of amides is 1. The Hall–Kier alpha value is -2.68. The first-order chi connectivity index (χ1) is 12.1. The zero-order valence-electron chi connectivity index (χ0n) is 14.8. The van der Waals surface area contributed by atoms with E-state index in [1.54, 1.807) is 6.08 Å². The Bertz CT molecular complexity index is 735. The zero-order chi connectivity index (χ0) is 18.1. The van der Waals surface area contributed by atoms with Crippen LogP contribution in [0.3, 0.4) is 0 Å². The fourth-order valence-electron chi connectivity index (χ4n) is 2.80. The van der Waals surface area contributed by atoms with Crippen LogP contribution in [0.25, 0.3) is 0 Å². The Morgan fingerprint density at radius 1 is 1.08 bits per heavy atom. The van der Waals surface area contributed by atoms with Gasteiger partial charge in [0.2, 0.25) is 5.91 Å². The maximum atomic E-state index is 12.1. The molecule has 3 heteroatoms. The summed E-state index contributed by atoms with van der Waals surface area (Å²) in [4.78, 5) is 24.2. The monoisotopic (exact) mass is 335 g/mol. The van der Waals surface area contributed by atoms with Gasteiger partial charge in [-0.05, 0) is 29.5 Å². The summed E-state index contributed by atoms with van der Waals surface area (Å²) in [6.07, 6.45) is 3.88. The van der Waals surface area contributed by atoms with Gasteiger partial charge in [0.05, 0.1) is 6.42 Å². The molecule has 0 unspecified atom stereocenters. The van der Waals surface area contributed by atoms with Crippen molar-refractivity contribution >= 4 is 11.7 Å². The van der Waals surface area contributed by atoms with Gasteiger partial charge in [0.1, 0.15) is 0 Å². The third-order valence-corrected chi connectivity index (χ3v) is 4.12. The van der Waals surface area contributed by atoms with E-state index in [-0.39, 0.29) is 11.7 Å². The summed E-state index contributed by atoms with van der Waals surface area (Å²) in [7, 11) is 0. The molecule has 130 valence electrons. The van der Waals surface area contributed by atoms with E-state index in [0.717, 1.165) is 29.5 Å². The number of hydrogen-bond acceptors (Lipinski definition) is 2. The van der Waals surface area contributed by atoms with Crippen molar-refractivity contribution in [2.75, 3.05) is 6.54 Å². The summed E-state index contributed by atoms with van der Waals surface area (Å²) in [5.74, 6) is 0.0777. The lowest BCUT2D eigenvalue weighted by molar-refractivity contribution is -0.120. The summed E-state index contributed by atoms with van der Waals surface area (Å²) in [5.41, 5.74) is 3.86. The Labute approximate surface area is 149 Å². The third kappa shape index (κ3) is 5.71. The van der Waals surface area contributed by atoms with Crippen molar-refractivity contribution < 1.29 is 9.59 Å². The van der Waals surface area contributed by atoms with Gasteiger partial charge in [-0.3, -0.25) is 9.59 Å². The Morgan fingerprint density at radius 2 is 1.84 bits per heavy atom. The third-order valence-electron chi connectivity index (χ3n) is 4.12. The van der Waals surface area contributed by atoms with Crippen LogP contribution in [-0.2, 0) is 24.1 Å². The van der Waals surface area contributed by atoms with Crippen LogP contribution in [0.2, 0.25) is 0 Å². The molecule has 0 aromatic heterocycles. The van der Waals surface area contributed by atoms with Crippen LogP contribution in [0.15, 0.2) is 61.2 Å². The van der Waals surface area contributed by atoms with Gasteiger partial charge in [-0.1, -0.05) is 61.5 Å². The number of carbonyl (C=O) groups excluding carboxylic acids is 2. The van der Waals surface area contributed by atoms with Gasteiger partial charge in [-0.15, -0.1) is 6.58 Å². The highest BCUT2D eigenvalue weighted by molar-refractivity contribution is 5.98. The minimum absolute atomic E-state index is 0.00292. The van der Waals surface area contributed by atoms with Crippen LogP contribution in [0, 0.1) is 0 Å². The molecule has 0 aliphatic rings. The summed E-state index contributed by atoms with van der Waals surface area (Å²) < 4.78 is 0. The van der Waals surface area contributed by atoms with E-state index in [1.165, 1.54) is 5.56 Å².